The van der Waals surface area contributed by atoms with Crippen molar-refractivity contribution in [1.82, 2.24) is 10.3 Å². The van der Waals surface area contributed by atoms with Gasteiger partial charge in [0.05, 0.1) is 17.6 Å². The van der Waals surface area contributed by atoms with Crippen molar-refractivity contribution in [3.8, 4) is 11.8 Å². The molecule has 3 rings (SSSR count). The van der Waals surface area contributed by atoms with Gasteiger partial charge in [-0.05, 0) is 34.8 Å². The standard InChI is InChI=1S/C21H16N2O5S/c24-20(28-14-15-5-2-1-3-6-15)7-4-10-22-21(25)17-11-16-8-9-18(29(26)27)12-19(16)23-13-17/h1-3,5-6,8-9,11-13H,10,14H2,(H,22,25)(H,26,27)/p-1. The van der Waals surface area contributed by atoms with Crippen molar-refractivity contribution in [2.24, 2.45) is 0 Å². The minimum absolute atomic E-state index is 0.0363. The summed E-state index contributed by atoms with van der Waals surface area (Å²) >= 11 is -2.34. The van der Waals surface area contributed by atoms with Gasteiger partial charge in [0.2, 0.25) is 0 Å². The van der Waals surface area contributed by atoms with Crippen LogP contribution in [0.25, 0.3) is 10.9 Å². The summed E-state index contributed by atoms with van der Waals surface area (Å²) in [5.41, 5.74) is 1.61. The maximum Gasteiger partial charge on any atom is 0.384 e. The molecule has 0 aliphatic carbocycles. The van der Waals surface area contributed by atoms with Crippen LogP contribution in [0.4, 0.5) is 0 Å². The molecule has 0 aliphatic heterocycles. The molecule has 1 amide bonds. The molecule has 1 unspecified atom stereocenters. The number of benzene rings is 2. The van der Waals surface area contributed by atoms with Gasteiger partial charge < -0.3 is 14.6 Å². The summed E-state index contributed by atoms with van der Waals surface area (Å²) in [4.78, 5) is 28.0. The molecule has 146 valence electrons. The van der Waals surface area contributed by atoms with Gasteiger partial charge in [0.15, 0.2) is 0 Å². The number of amides is 1. The maximum absolute atomic E-state index is 12.2. The topological polar surface area (TPSA) is 108 Å². The van der Waals surface area contributed by atoms with Gasteiger partial charge >= 0.3 is 5.97 Å². The minimum Gasteiger partial charge on any atom is -0.768 e. The Bertz CT molecular complexity index is 1140. The molecular weight excluding hydrogens is 392 g/mol. The van der Waals surface area contributed by atoms with Gasteiger partial charge in [-0.25, -0.2) is 4.79 Å². The summed E-state index contributed by atoms with van der Waals surface area (Å²) in [5.74, 6) is 3.75. The number of esters is 1. The van der Waals surface area contributed by atoms with Crippen molar-refractivity contribution in [2.75, 3.05) is 6.54 Å². The van der Waals surface area contributed by atoms with Crippen LogP contribution >= 0.6 is 0 Å². The second-order valence-electron chi connectivity index (χ2n) is 5.86. The zero-order valence-corrected chi connectivity index (χ0v) is 15.9. The Morgan fingerprint density at radius 1 is 1.14 bits per heavy atom. The van der Waals surface area contributed by atoms with Crippen molar-refractivity contribution in [3.63, 3.8) is 0 Å². The predicted molar refractivity (Wildman–Crippen MR) is 105 cm³/mol. The van der Waals surface area contributed by atoms with E-state index in [2.05, 4.69) is 22.1 Å². The molecule has 3 aromatic rings. The Balaban J connectivity index is 1.53. The fourth-order valence-corrected chi connectivity index (χ4v) is 2.82. The molecule has 0 spiro atoms. The average molecular weight is 407 g/mol. The highest BCUT2D eigenvalue weighted by Gasteiger charge is 2.07. The van der Waals surface area contributed by atoms with Gasteiger partial charge in [0, 0.05) is 22.4 Å². The molecule has 0 saturated carbocycles. The highest BCUT2D eigenvalue weighted by Crippen LogP contribution is 2.17. The lowest BCUT2D eigenvalue weighted by molar-refractivity contribution is -0.137. The van der Waals surface area contributed by atoms with Gasteiger partial charge in [0.25, 0.3) is 5.91 Å². The van der Waals surface area contributed by atoms with E-state index in [4.69, 9.17) is 4.74 Å². The van der Waals surface area contributed by atoms with Gasteiger partial charge in [-0.15, -0.1) is 0 Å². The van der Waals surface area contributed by atoms with Crippen molar-refractivity contribution in [3.05, 3.63) is 71.9 Å². The third kappa shape index (κ3) is 5.72. The van der Waals surface area contributed by atoms with Crippen molar-refractivity contribution in [1.29, 1.82) is 0 Å². The first-order valence-corrected chi connectivity index (χ1v) is 9.57. The van der Waals surface area contributed by atoms with E-state index in [0.29, 0.717) is 16.5 Å². The van der Waals surface area contributed by atoms with E-state index < -0.39 is 23.0 Å². The number of rotatable bonds is 5. The normalized spacial score (nSPS) is 11.2. The summed E-state index contributed by atoms with van der Waals surface area (Å²) in [5, 5.41) is 3.19. The van der Waals surface area contributed by atoms with Crippen LogP contribution in [-0.2, 0) is 27.2 Å². The van der Waals surface area contributed by atoms with E-state index in [1.807, 2.05) is 30.3 Å². The molecular formula is C21H15N2O5S-. The van der Waals surface area contributed by atoms with Crippen molar-refractivity contribution in [2.45, 2.75) is 11.5 Å². The fourth-order valence-electron chi connectivity index (χ4n) is 2.43. The van der Waals surface area contributed by atoms with Crippen LogP contribution in [0.3, 0.4) is 0 Å². The lowest BCUT2D eigenvalue weighted by Gasteiger charge is -2.07. The number of hydrogen-bond donors (Lipinski definition) is 1. The monoisotopic (exact) mass is 407 g/mol. The predicted octanol–water partition coefficient (Wildman–Crippen LogP) is 1.95. The number of carbonyl (C=O) groups excluding carboxylic acids is 2. The van der Waals surface area contributed by atoms with E-state index in [1.165, 1.54) is 18.3 Å². The molecule has 0 fully saturated rings. The second kappa shape index (κ2) is 9.59. The Hall–Kier alpha value is -3.54. The zero-order chi connectivity index (χ0) is 20.6. The number of carbonyl (C=O) groups is 2. The Kier molecular flexibility index (Phi) is 6.68. The number of nitrogens with one attached hydrogen (secondary N) is 1. The smallest absolute Gasteiger partial charge is 0.384 e. The SMILES string of the molecule is O=C(C#CCNC(=O)c1cnc2cc(S(=O)[O-])ccc2c1)OCc1ccccc1. The van der Waals surface area contributed by atoms with Crippen LogP contribution in [0.15, 0.2) is 65.7 Å². The van der Waals surface area contributed by atoms with E-state index >= 15 is 0 Å². The number of hydrogen-bond acceptors (Lipinski definition) is 6. The third-order valence-electron chi connectivity index (χ3n) is 3.85. The van der Waals surface area contributed by atoms with Crippen LogP contribution in [0, 0.1) is 11.8 Å². The summed E-state index contributed by atoms with van der Waals surface area (Å²) in [6, 6.07) is 15.2. The number of pyridine rings is 1. The van der Waals surface area contributed by atoms with Gasteiger partial charge in [0.1, 0.15) is 6.61 Å². The Morgan fingerprint density at radius 3 is 2.69 bits per heavy atom. The van der Waals surface area contributed by atoms with Crippen molar-refractivity contribution >= 4 is 33.9 Å². The highest BCUT2D eigenvalue weighted by molar-refractivity contribution is 7.79. The quantitative estimate of drug-likeness (QED) is 0.300. The van der Waals surface area contributed by atoms with E-state index in [0.717, 1.165) is 5.56 Å². The lowest BCUT2D eigenvalue weighted by Crippen LogP contribution is -2.23. The molecule has 2 aromatic carbocycles. The van der Waals surface area contributed by atoms with E-state index in [-0.39, 0.29) is 18.0 Å². The highest BCUT2D eigenvalue weighted by atomic mass is 32.2. The summed E-state index contributed by atoms with van der Waals surface area (Å²) in [6.45, 7) is 0.0938. The first kappa shape index (κ1) is 20.2. The lowest BCUT2D eigenvalue weighted by atomic mass is 10.1. The molecule has 1 atom stereocenters. The molecule has 7 nitrogen and oxygen atoms in total. The van der Waals surface area contributed by atoms with E-state index in [9.17, 15) is 18.4 Å². The average Bonchev–Trinajstić information content (AvgIpc) is 2.75. The van der Waals surface area contributed by atoms with Crippen LogP contribution in [0.5, 0.6) is 0 Å². The zero-order valence-electron chi connectivity index (χ0n) is 15.1. The number of ether oxygens (including phenoxy) is 1. The van der Waals surface area contributed by atoms with Gasteiger partial charge in [-0.2, -0.15) is 0 Å². The van der Waals surface area contributed by atoms with Crippen LogP contribution in [0.2, 0.25) is 0 Å². The Morgan fingerprint density at radius 2 is 1.93 bits per heavy atom. The molecule has 0 saturated heterocycles. The number of aromatic nitrogens is 1. The maximum atomic E-state index is 12.2. The largest absolute Gasteiger partial charge is 0.768 e. The molecule has 1 N–H and O–H groups in total. The van der Waals surface area contributed by atoms with Gasteiger partial charge in [-0.1, -0.05) is 42.3 Å². The van der Waals surface area contributed by atoms with Crippen LogP contribution in [-0.4, -0.2) is 32.2 Å². The van der Waals surface area contributed by atoms with Crippen molar-refractivity contribution < 1.29 is 23.1 Å². The molecule has 1 heterocycles. The van der Waals surface area contributed by atoms with Gasteiger partial charge in [-0.3, -0.25) is 14.0 Å². The first-order valence-electron chi connectivity index (χ1n) is 8.50. The number of fused-ring (bicyclic) bond motifs is 1. The second-order valence-corrected chi connectivity index (χ2v) is 6.80. The molecule has 1 aromatic heterocycles. The van der Waals surface area contributed by atoms with Crippen LogP contribution < -0.4 is 5.32 Å². The number of nitrogens with zero attached hydrogens (tertiary/aromatic N) is 1. The first-order chi connectivity index (χ1) is 14.0. The van der Waals surface area contributed by atoms with Crippen LogP contribution in [0.1, 0.15) is 15.9 Å². The third-order valence-corrected chi connectivity index (χ3v) is 4.49. The molecule has 0 aliphatic rings. The molecule has 8 heteroatoms. The molecule has 29 heavy (non-hydrogen) atoms. The minimum atomic E-state index is -2.34. The summed E-state index contributed by atoms with van der Waals surface area (Å²) < 4.78 is 27.0. The van der Waals surface area contributed by atoms with E-state index in [1.54, 1.807) is 12.1 Å². The fraction of sp³-hybridized carbons (Fsp3) is 0.0952. The summed E-state index contributed by atoms with van der Waals surface area (Å²) in [7, 11) is 0. The molecule has 0 bridgehead atoms. The summed E-state index contributed by atoms with van der Waals surface area (Å²) in [6.07, 6.45) is 1.34. The molecule has 0 radical (unpaired) electrons. The Labute approximate surface area is 169 Å².